The maximum absolute atomic E-state index is 12.1. The van der Waals surface area contributed by atoms with E-state index in [1.807, 2.05) is 6.07 Å². The van der Waals surface area contributed by atoms with Gasteiger partial charge in [-0.1, -0.05) is 18.2 Å². The van der Waals surface area contributed by atoms with Crippen molar-refractivity contribution in [2.24, 2.45) is 5.92 Å². The molecule has 3 amide bonds. The number of para-hydroxylation sites is 1. The molecule has 0 unspecified atom stereocenters. The summed E-state index contributed by atoms with van der Waals surface area (Å²) in [4.78, 5) is 38.6. The van der Waals surface area contributed by atoms with Gasteiger partial charge in [-0.2, -0.15) is 0 Å². The molecule has 1 aliphatic heterocycles. The molecular weight excluding hydrogens is 246 g/mol. The number of benzene rings is 1. The zero-order valence-corrected chi connectivity index (χ0v) is 10.8. The van der Waals surface area contributed by atoms with Crippen LogP contribution in [0.15, 0.2) is 30.3 Å². The van der Waals surface area contributed by atoms with E-state index in [9.17, 15) is 14.4 Å². The first-order chi connectivity index (χ1) is 9.00. The zero-order valence-electron chi connectivity index (χ0n) is 10.8. The van der Waals surface area contributed by atoms with Gasteiger partial charge in [-0.3, -0.25) is 14.4 Å². The summed E-state index contributed by atoms with van der Waals surface area (Å²) in [5.74, 6) is -2.85. The van der Waals surface area contributed by atoms with Gasteiger partial charge in [-0.15, -0.1) is 0 Å². The van der Waals surface area contributed by atoms with Crippen molar-refractivity contribution in [1.82, 2.24) is 9.80 Å². The van der Waals surface area contributed by atoms with Gasteiger partial charge >= 0.3 is 0 Å². The summed E-state index contributed by atoms with van der Waals surface area (Å²) in [5.41, 5.74) is 0.559. The van der Waals surface area contributed by atoms with Crippen LogP contribution in [0.5, 0.6) is 0 Å². The van der Waals surface area contributed by atoms with Crippen LogP contribution >= 0.6 is 0 Å². The first-order valence-corrected chi connectivity index (χ1v) is 5.86. The van der Waals surface area contributed by atoms with Crippen LogP contribution < -0.4 is 5.32 Å². The summed E-state index contributed by atoms with van der Waals surface area (Å²) in [5, 5.41) is 2.58. The van der Waals surface area contributed by atoms with Crippen LogP contribution in [0, 0.1) is 5.92 Å². The highest BCUT2D eigenvalue weighted by Crippen LogP contribution is 2.16. The van der Waals surface area contributed by atoms with Crippen molar-refractivity contribution >= 4 is 23.4 Å². The summed E-state index contributed by atoms with van der Waals surface area (Å²) in [6, 6.07) is 8.73. The lowest BCUT2D eigenvalue weighted by Crippen LogP contribution is -2.57. The molecule has 1 aromatic rings. The van der Waals surface area contributed by atoms with Crippen LogP contribution in [-0.4, -0.2) is 48.3 Å². The van der Waals surface area contributed by atoms with Gasteiger partial charge in [0.2, 0.25) is 17.7 Å². The smallest absolute Gasteiger partial charge is 0.246 e. The minimum absolute atomic E-state index is 0.201. The Bertz CT molecular complexity index is 495. The lowest BCUT2D eigenvalue weighted by molar-refractivity contribution is -0.158. The molecule has 0 spiro atoms. The Morgan fingerprint density at radius 3 is 2.16 bits per heavy atom. The zero-order chi connectivity index (χ0) is 14.0. The average Bonchev–Trinajstić information content (AvgIpc) is 2.38. The van der Waals surface area contributed by atoms with Gasteiger partial charge in [0, 0.05) is 19.8 Å². The van der Waals surface area contributed by atoms with Crippen molar-refractivity contribution in [3.8, 4) is 0 Å². The van der Waals surface area contributed by atoms with Gasteiger partial charge in [0.15, 0.2) is 5.92 Å². The predicted molar refractivity (Wildman–Crippen MR) is 69.0 cm³/mol. The average molecular weight is 261 g/mol. The Balaban J connectivity index is 2.17. The molecule has 100 valence electrons. The minimum Gasteiger partial charge on any atom is -0.327 e. The van der Waals surface area contributed by atoms with E-state index in [2.05, 4.69) is 5.32 Å². The number of hydrogen-bond acceptors (Lipinski definition) is 3. The number of nitrogens with zero attached hydrogens (tertiary/aromatic N) is 2. The van der Waals surface area contributed by atoms with E-state index in [0.29, 0.717) is 5.69 Å². The second-order valence-electron chi connectivity index (χ2n) is 4.50. The van der Waals surface area contributed by atoms with Gasteiger partial charge in [0.25, 0.3) is 0 Å². The van der Waals surface area contributed by atoms with E-state index in [1.165, 1.54) is 9.80 Å². The molecule has 19 heavy (non-hydrogen) atoms. The summed E-state index contributed by atoms with van der Waals surface area (Å²) >= 11 is 0. The van der Waals surface area contributed by atoms with E-state index in [4.69, 9.17) is 0 Å². The van der Waals surface area contributed by atoms with E-state index >= 15 is 0 Å². The highest BCUT2D eigenvalue weighted by molar-refractivity contribution is 6.21. The number of amides is 3. The van der Waals surface area contributed by atoms with Crippen LogP contribution in [0.4, 0.5) is 5.69 Å². The summed E-state index contributed by atoms with van der Waals surface area (Å²) in [7, 11) is 3.13. The molecule has 1 heterocycles. The third-order valence-electron chi connectivity index (χ3n) is 2.97. The molecule has 1 N–H and O–H groups in total. The minimum atomic E-state index is -1.30. The lowest BCUT2D eigenvalue weighted by atomic mass is 10.0. The van der Waals surface area contributed by atoms with Gasteiger partial charge < -0.3 is 15.1 Å². The Labute approximate surface area is 111 Å². The maximum Gasteiger partial charge on any atom is 0.246 e. The second kappa shape index (κ2) is 5.09. The van der Waals surface area contributed by atoms with Crippen LogP contribution in [0.2, 0.25) is 0 Å². The normalized spacial score (nSPS) is 16.7. The molecule has 2 rings (SSSR count). The number of carbonyl (C=O) groups excluding carboxylic acids is 3. The molecular formula is C13H15N3O3. The number of hydrogen-bond donors (Lipinski definition) is 1. The first kappa shape index (κ1) is 13.1. The molecule has 0 saturated carbocycles. The van der Waals surface area contributed by atoms with Gasteiger partial charge in [0.1, 0.15) is 0 Å². The number of carbonyl (C=O) groups is 3. The third-order valence-corrected chi connectivity index (χ3v) is 2.97. The SMILES string of the molecule is CN1CN(C)C(=O)C(C(=O)Nc2ccccc2)C1=O. The number of nitrogens with one attached hydrogen (secondary N) is 1. The molecule has 1 aromatic carbocycles. The van der Waals surface area contributed by atoms with E-state index in [1.54, 1.807) is 38.4 Å². The van der Waals surface area contributed by atoms with Crippen molar-refractivity contribution in [1.29, 1.82) is 0 Å². The van der Waals surface area contributed by atoms with E-state index < -0.39 is 23.6 Å². The number of rotatable bonds is 2. The second-order valence-corrected chi connectivity index (χ2v) is 4.50. The molecule has 0 bridgehead atoms. The van der Waals surface area contributed by atoms with E-state index in [-0.39, 0.29) is 6.67 Å². The van der Waals surface area contributed by atoms with Crippen LogP contribution in [-0.2, 0) is 14.4 Å². The van der Waals surface area contributed by atoms with Crippen molar-refractivity contribution in [3.63, 3.8) is 0 Å². The van der Waals surface area contributed by atoms with Crippen LogP contribution in [0.1, 0.15) is 0 Å². The maximum atomic E-state index is 12.1. The first-order valence-electron chi connectivity index (χ1n) is 5.86. The molecule has 0 atom stereocenters. The summed E-state index contributed by atoms with van der Waals surface area (Å²) in [6.45, 7) is 0.201. The Morgan fingerprint density at radius 1 is 1.11 bits per heavy atom. The third kappa shape index (κ3) is 2.57. The molecule has 0 aliphatic carbocycles. The summed E-state index contributed by atoms with van der Waals surface area (Å²) in [6.07, 6.45) is 0. The topological polar surface area (TPSA) is 69.7 Å². The summed E-state index contributed by atoms with van der Waals surface area (Å²) < 4.78 is 0. The fraction of sp³-hybridized carbons (Fsp3) is 0.308. The van der Waals surface area contributed by atoms with Crippen molar-refractivity contribution < 1.29 is 14.4 Å². The Kier molecular flexibility index (Phi) is 3.50. The predicted octanol–water partition coefficient (Wildman–Crippen LogP) is 0.129. The highest BCUT2D eigenvalue weighted by atomic mass is 16.2. The van der Waals surface area contributed by atoms with Crippen LogP contribution in [0.25, 0.3) is 0 Å². The van der Waals surface area contributed by atoms with Crippen molar-refractivity contribution in [2.75, 3.05) is 26.1 Å². The number of anilines is 1. The highest BCUT2D eigenvalue weighted by Gasteiger charge is 2.42. The lowest BCUT2D eigenvalue weighted by Gasteiger charge is -2.34. The molecule has 1 saturated heterocycles. The van der Waals surface area contributed by atoms with E-state index in [0.717, 1.165) is 0 Å². The molecule has 6 heteroatoms. The quantitative estimate of drug-likeness (QED) is 0.769. The molecule has 1 aliphatic rings. The van der Waals surface area contributed by atoms with Crippen molar-refractivity contribution in [3.05, 3.63) is 30.3 Å². The molecule has 0 radical (unpaired) electrons. The van der Waals surface area contributed by atoms with Gasteiger partial charge in [0.05, 0.1) is 6.67 Å². The van der Waals surface area contributed by atoms with Crippen molar-refractivity contribution in [2.45, 2.75) is 0 Å². The largest absolute Gasteiger partial charge is 0.327 e. The molecule has 1 fully saturated rings. The fourth-order valence-corrected chi connectivity index (χ4v) is 1.96. The Hall–Kier alpha value is -2.37. The Morgan fingerprint density at radius 2 is 1.63 bits per heavy atom. The van der Waals surface area contributed by atoms with Gasteiger partial charge in [-0.25, -0.2) is 0 Å². The molecule has 6 nitrogen and oxygen atoms in total. The van der Waals surface area contributed by atoms with Gasteiger partial charge in [-0.05, 0) is 12.1 Å². The fourth-order valence-electron chi connectivity index (χ4n) is 1.96. The monoisotopic (exact) mass is 261 g/mol. The molecule has 0 aromatic heterocycles. The standard InChI is InChI=1S/C13H15N3O3/c1-15-8-16(2)13(19)10(12(15)18)11(17)14-9-6-4-3-5-7-9/h3-7,10H,8H2,1-2H3,(H,14,17). The van der Waals surface area contributed by atoms with Crippen LogP contribution in [0.3, 0.4) is 0 Å².